The summed E-state index contributed by atoms with van der Waals surface area (Å²) in [6.07, 6.45) is 1.36. The molecular formula is C21H17ClN2O5S. The van der Waals surface area contributed by atoms with Crippen molar-refractivity contribution in [2.75, 3.05) is 6.61 Å². The molecular weight excluding hydrogens is 428 g/mol. The second-order valence-electron chi connectivity index (χ2n) is 5.96. The number of carbonyl (C=O) groups is 1. The Morgan fingerprint density at radius 1 is 0.967 bits per heavy atom. The van der Waals surface area contributed by atoms with Crippen molar-refractivity contribution in [2.24, 2.45) is 5.10 Å². The van der Waals surface area contributed by atoms with Crippen LogP contribution < -0.4 is 14.3 Å². The van der Waals surface area contributed by atoms with Gasteiger partial charge in [-0.3, -0.25) is 4.79 Å². The number of nitrogens with one attached hydrogen (secondary N) is 1. The first-order valence-electron chi connectivity index (χ1n) is 8.72. The highest BCUT2D eigenvalue weighted by Gasteiger charge is 2.15. The van der Waals surface area contributed by atoms with Crippen LogP contribution in [-0.2, 0) is 14.9 Å². The molecule has 0 atom stereocenters. The zero-order valence-electron chi connectivity index (χ0n) is 15.6. The Morgan fingerprint density at radius 2 is 1.70 bits per heavy atom. The van der Waals surface area contributed by atoms with E-state index in [9.17, 15) is 13.2 Å². The fourth-order valence-electron chi connectivity index (χ4n) is 2.30. The van der Waals surface area contributed by atoms with Crippen molar-refractivity contribution in [3.63, 3.8) is 0 Å². The van der Waals surface area contributed by atoms with Gasteiger partial charge in [0.2, 0.25) is 0 Å². The predicted molar refractivity (Wildman–Crippen MR) is 113 cm³/mol. The van der Waals surface area contributed by atoms with Crippen LogP contribution in [0.15, 0.2) is 88.9 Å². The van der Waals surface area contributed by atoms with Gasteiger partial charge in [0.05, 0.1) is 6.21 Å². The van der Waals surface area contributed by atoms with Crippen molar-refractivity contribution < 1.29 is 22.1 Å². The summed E-state index contributed by atoms with van der Waals surface area (Å²) in [5.74, 6) is 0.170. The van der Waals surface area contributed by atoms with E-state index in [-0.39, 0.29) is 17.3 Å². The molecule has 0 aliphatic rings. The van der Waals surface area contributed by atoms with Gasteiger partial charge >= 0.3 is 10.1 Å². The quantitative estimate of drug-likeness (QED) is 0.325. The number of rotatable bonds is 8. The van der Waals surface area contributed by atoms with E-state index in [1.165, 1.54) is 30.5 Å². The second-order valence-corrected chi connectivity index (χ2v) is 7.94. The molecule has 3 rings (SSSR count). The Labute approximate surface area is 179 Å². The van der Waals surface area contributed by atoms with Gasteiger partial charge in [0.1, 0.15) is 16.4 Å². The molecule has 9 heteroatoms. The third-order valence-electron chi connectivity index (χ3n) is 3.68. The van der Waals surface area contributed by atoms with Crippen LogP contribution in [0.3, 0.4) is 0 Å². The molecule has 1 amide bonds. The maximum atomic E-state index is 12.3. The van der Waals surface area contributed by atoms with Crippen LogP contribution in [0.2, 0.25) is 5.02 Å². The third kappa shape index (κ3) is 6.33. The molecule has 0 aromatic heterocycles. The molecule has 30 heavy (non-hydrogen) atoms. The van der Waals surface area contributed by atoms with Crippen molar-refractivity contribution in [2.45, 2.75) is 4.90 Å². The number of halogens is 1. The number of amides is 1. The smallest absolute Gasteiger partial charge is 0.339 e. The molecule has 3 aromatic carbocycles. The molecule has 0 fully saturated rings. The number of benzene rings is 3. The van der Waals surface area contributed by atoms with E-state index < -0.39 is 16.0 Å². The monoisotopic (exact) mass is 444 g/mol. The van der Waals surface area contributed by atoms with Crippen LogP contribution in [0.5, 0.6) is 11.5 Å². The van der Waals surface area contributed by atoms with Crippen molar-refractivity contribution >= 4 is 33.8 Å². The molecule has 7 nitrogen and oxygen atoms in total. The van der Waals surface area contributed by atoms with Crippen LogP contribution in [0.25, 0.3) is 0 Å². The van der Waals surface area contributed by atoms with E-state index in [1.807, 2.05) is 0 Å². The first-order valence-corrected chi connectivity index (χ1v) is 10.5. The molecule has 3 aromatic rings. The number of hydrogen-bond acceptors (Lipinski definition) is 6. The maximum Gasteiger partial charge on any atom is 0.339 e. The van der Waals surface area contributed by atoms with Crippen LogP contribution in [0.4, 0.5) is 0 Å². The van der Waals surface area contributed by atoms with Crippen molar-refractivity contribution in [1.82, 2.24) is 5.43 Å². The fraction of sp³-hybridized carbons (Fsp3) is 0.0476. The second kappa shape index (κ2) is 9.91. The Bertz CT molecular complexity index is 1130. The van der Waals surface area contributed by atoms with Crippen LogP contribution in [0, 0.1) is 0 Å². The van der Waals surface area contributed by atoms with Crippen LogP contribution >= 0.6 is 11.6 Å². The van der Waals surface area contributed by atoms with Gasteiger partial charge in [0.25, 0.3) is 5.91 Å². The van der Waals surface area contributed by atoms with Crippen molar-refractivity contribution in [3.8, 4) is 11.5 Å². The lowest BCUT2D eigenvalue weighted by Gasteiger charge is -2.07. The predicted octanol–water partition coefficient (Wildman–Crippen LogP) is 3.64. The number of nitrogens with zero attached hydrogens (tertiary/aromatic N) is 1. The summed E-state index contributed by atoms with van der Waals surface area (Å²) in [7, 11) is -3.94. The molecule has 0 heterocycles. The molecule has 0 unspecified atom stereocenters. The van der Waals surface area contributed by atoms with Crippen LogP contribution in [0.1, 0.15) is 5.56 Å². The fourth-order valence-corrected chi connectivity index (χ4v) is 3.37. The molecule has 0 radical (unpaired) electrons. The number of hydrazone groups is 1. The summed E-state index contributed by atoms with van der Waals surface area (Å²) in [5.41, 5.74) is 2.86. The lowest BCUT2D eigenvalue weighted by atomic mass is 10.2. The molecule has 0 bridgehead atoms. The Kier molecular flexibility index (Phi) is 7.05. The highest BCUT2D eigenvalue weighted by atomic mass is 35.5. The lowest BCUT2D eigenvalue weighted by Crippen LogP contribution is -2.24. The first-order chi connectivity index (χ1) is 14.4. The standard InChI is InChI=1S/C21H17ClN2O5S/c22-17-9-11-18(12-10-17)28-15-21(25)24-23-14-16-5-4-6-19(13-16)29-30(26,27)20-7-2-1-3-8-20/h1-14H,15H2,(H,24,25)/b23-14-. The number of ether oxygens (including phenoxy) is 1. The zero-order chi connectivity index (χ0) is 21.4. The summed E-state index contributed by atoms with van der Waals surface area (Å²) in [4.78, 5) is 11.9. The number of hydrogen-bond donors (Lipinski definition) is 1. The summed E-state index contributed by atoms with van der Waals surface area (Å²) in [6, 6.07) is 20.7. The topological polar surface area (TPSA) is 94.1 Å². The van der Waals surface area contributed by atoms with Gasteiger partial charge in [-0.15, -0.1) is 0 Å². The molecule has 0 aliphatic carbocycles. The number of carbonyl (C=O) groups excluding carboxylic acids is 1. The lowest BCUT2D eigenvalue weighted by molar-refractivity contribution is -0.123. The highest BCUT2D eigenvalue weighted by Crippen LogP contribution is 2.19. The normalized spacial score (nSPS) is 11.2. The Hall–Kier alpha value is -3.36. The van der Waals surface area contributed by atoms with Crippen molar-refractivity contribution in [1.29, 1.82) is 0 Å². The maximum absolute atomic E-state index is 12.3. The summed E-state index contributed by atoms with van der Waals surface area (Å²) in [5, 5.41) is 4.40. The molecule has 0 spiro atoms. The van der Waals surface area contributed by atoms with Gasteiger partial charge in [-0.2, -0.15) is 13.5 Å². The van der Waals surface area contributed by atoms with E-state index >= 15 is 0 Å². The van der Waals surface area contributed by atoms with E-state index in [1.54, 1.807) is 54.6 Å². The molecule has 1 N–H and O–H groups in total. The van der Waals surface area contributed by atoms with E-state index in [4.69, 9.17) is 20.5 Å². The van der Waals surface area contributed by atoms with Gasteiger partial charge < -0.3 is 8.92 Å². The van der Waals surface area contributed by atoms with E-state index in [0.717, 1.165) is 0 Å². The SMILES string of the molecule is O=C(COc1ccc(Cl)cc1)N/N=C\c1cccc(OS(=O)(=O)c2ccccc2)c1. The van der Waals surface area contributed by atoms with Crippen LogP contribution in [-0.4, -0.2) is 27.1 Å². The minimum Gasteiger partial charge on any atom is -0.484 e. The third-order valence-corrected chi connectivity index (χ3v) is 5.20. The molecule has 154 valence electrons. The van der Waals surface area contributed by atoms with E-state index in [2.05, 4.69) is 10.5 Å². The van der Waals surface area contributed by atoms with Gasteiger partial charge in [0.15, 0.2) is 6.61 Å². The summed E-state index contributed by atoms with van der Waals surface area (Å²) in [6.45, 7) is -0.225. The van der Waals surface area contributed by atoms with Gasteiger partial charge in [-0.25, -0.2) is 5.43 Å². The largest absolute Gasteiger partial charge is 0.484 e. The summed E-state index contributed by atoms with van der Waals surface area (Å²) >= 11 is 5.78. The molecule has 0 saturated heterocycles. The molecule has 0 aliphatic heterocycles. The average molecular weight is 445 g/mol. The van der Waals surface area contributed by atoms with Crippen molar-refractivity contribution in [3.05, 3.63) is 89.4 Å². The minimum absolute atomic E-state index is 0.0528. The van der Waals surface area contributed by atoms with Gasteiger partial charge in [-0.1, -0.05) is 41.9 Å². The average Bonchev–Trinajstić information content (AvgIpc) is 2.74. The summed E-state index contributed by atoms with van der Waals surface area (Å²) < 4.78 is 35.0. The van der Waals surface area contributed by atoms with E-state index in [0.29, 0.717) is 16.3 Å². The van der Waals surface area contributed by atoms with Gasteiger partial charge in [-0.05, 0) is 54.1 Å². The van der Waals surface area contributed by atoms with Gasteiger partial charge in [0, 0.05) is 5.02 Å². The first kappa shape index (κ1) is 21.4. The minimum atomic E-state index is -3.94. The highest BCUT2D eigenvalue weighted by molar-refractivity contribution is 7.87. The zero-order valence-corrected chi connectivity index (χ0v) is 17.1. The Balaban J connectivity index is 1.55. The molecule has 0 saturated carbocycles. The Morgan fingerprint density at radius 3 is 2.43 bits per heavy atom.